The summed E-state index contributed by atoms with van der Waals surface area (Å²) in [6.45, 7) is 24.2. The van der Waals surface area contributed by atoms with Crippen LogP contribution >= 0.6 is 0 Å². The molecule has 178 valence electrons. The van der Waals surface area contributed by atoms with Crippen molar-refractivity contribution in [3.8, 4) is 0 Å². The summed E-state index contributed by atoms with van der Waals surface area (Å²) in [5, 5.41) is 0. The molecule has 31 heavy (non-hydrogen) atoms. The summed E-state index contributed by atoms with van der Waals surface area (Å²) in [5.74, 6) is 6.59. The average Bonchev–Trinajstić information content (AvgIpc) is 3.00. The molecule has 0 heteroatoms. The molecule has 5 aliphatic rings. The quantitative estimate of drug-likeness (QED) is 0.391. The minimum absolute atomic E-state index is 0.544. The van der Waals surface area contributed by atoms with E-state index in [2.05, 4.69) is 62.3 Å². The SMILES string of the molecule is CC(C)C1CC[C@@]2(C)C1CC[C@]1(C)[C@@H]2C(C)C[C@@H]2[C@@]3(C)CCCC(C)(C)[C@@H]3CC[C@]21C. The van der Waals surface area contributed by atoms with Gasteiger partial charge in [-0.1, -0.05) is 68.7 Å². The molecule has 5 saturated carbocycles. The zero-order valence-electron chi connectivity index (χ0n) is 22.6. The number of fused-ring (bicyclic) bond motifs is 7. The lowest BCUT2D eigenvalue weighted by Crippen LogP contribution is -2.67. The van der Waals surface area contributed by atoms with Gasteiger partial charge < -0.3 is 0 Å². The van der Waals surface area contributed by atoms with E-state index in [0.717, 1.165) is 41.4 Å². The van der Waals surface area contributed by atoms with Gasteiger partial charge >= 0.3 is 0 Å². The van der Waals surface area contributed by atoms with Gasteiger partial charge in [-0.2, -0.15) is 0 Å². The Kier molecular flexibility index (Phi) is 4.98. The van der Waals surface area contributed by atoms with Crippen LogP contribution in [0.1, 0.15) is 127 Å². The highest BCUT2D eigenvalue weighted by Gasteiger charge is 2.71. The number of hydrogen-bond donors (Lipinski definition) is 0. The van der Waals surface area contributed by atoms with E-state index in [1.165, 1.54) is 64.2 Å². The van der Waals surface area contributed by atoms with Crippen LogP contribution in [0, 0.1) is 68.5 Å². The van der Waals surface area contributed by atoms with Crippen molar-refractivity contribution in [1.29, 1.82) is 0 Å². The molecule has 5 fully saturated rings. The first-order chi connectivity index (χ1) is 14.3. The summed E-state index contributed by atoms with van der Waals surface area (Å²) < 4.78 is 0. The molecule has 0 aromatic rings. The average molecular weight is 427 g/mol. The maximum atomic E-state index is 2.82. The van der Waals surface area contributed by atoms with Crippen LogP contribution in [0.25, 0.3) is 0 Å². The molecule has 0 saturated heterocycles. The van der Waals surface area contributed by atoms with Crippen molar-refractivity contribution in [2.24, 2.45) is 68.5 Å². The van der Waals surface area contributed by atoms with Gasteiger partial charge in [0.1, 0.15) is 0 Å². The standard InChI is InChI=1S/C31H54/c1-20(2)22-11-16-28(6)23(22)12-17-31(9)26(28)21(3)19-25-29(7)15-10-14-27(4,5)24(29)13-18-30(25,31)8/h20-26H,10-19H2,1-9H3/t21?,22?,23?,24-,25+,26+,28-,29-,30+,31+/m0/s1. The van der Waals surface area contributed by atoms with Crippen LogP contribution < -0.4 is 0 Å². The summed E-state index contributed by atoms with van der Waals surface area (Å²) in [6, 6.07) is 0. The Bertz CT molecular complexity index is 718. The van der Waals surface area contributed by atoms with E-state index < -0.39 is 0 Å². The van der Waals surface area contributed by atoms with Crippen LogP contribution in [0.2, 0.25) is 0 Å². The fraction of sp³-hybridized carbons (Fsp3) is 1.00. The number of rotatable bonds is 1. The van der Waals surface area contributed by atoms with Gasteiger partial charge in [-0.15, -0.1) is 0 Å². The molecular weight excluding hydrogens is 372 g/mol. The molecule has 0 N–H and O–H groups in total. The van der Waals surface area contributed by atoms with Gasteiger partial charge in [0.15, 0.2) is 0 Å². The molecule has 0 radical (unpaired) electrons. The fourth-order valence-corrected chi connectivity index (χ4v) is 12.7. The largest absolute Gasteiger partial charge is 0.0625 e. The van der Waals surface area contributed by atoms with E-state index in [4.69, 9.17) is 0 Å². The highest BCUT2D eigenvalue weighted by atomic mass is 14.8. The van der Waals surface area contributed by atoms with Gasteiger partial charge in [-0.05, 0) is 126 Å². The first-order valence-electron chi connectivity index (χ1n) is 14.3. The van der Waals surface area contributed by atoms with Gasteiger partial charge in [0.05, 0.1) is 0 Å². The van der Waals surface area contributed by atoms with Gasteiger partial charge in [-0.3, -0.25) is 0 Å². The monoisotopic (exact) mass is 426 g/mol. The van der Waals surface area contributed by atoms with E-state index in [9.17, 15) is 0 Å². The second kappa shape index (κ2) is 6.78. The predicted octanol–water partition coefficient (Wildman–Crippen LogP) is 9.38. The third-order valence-electron chi connectivity index (χ3n) is 13.9. The molecule has 5 rings (SSSR count). The van der Waals surface area contributed by atoms with Crippen molar-refractivity contribution >= 4 is 0 Å². The molecule has 0 aromatic carbocycles. The van der Waals surface area contributed by atoms with Crippen LogP contribution in [0.15, 0.2) is 0 Å². The van der Waals surface area contributed by atoms with Gasteiger partial charge in [0.2, 0.25) is 0 Å². The lowest BCUT2D eigenvalue weighted by atomic mass is 9.30. The third kappa shape index (κ3) is 2.72. The van der Waals surface area contributed by atoms with E-state index in [0.29, 0.717) is 27.1 Å². The minimum atomic E-state index is 0.544. The normalized spacial score (nSPS) is 58.3. The Hall–Kier alpha value is 0. The molecule has 3 unspecified atom stereocenters. The van der Waals surface area contributed by atoms with Crippen LogP contribution in [0.3, 0.4) is 0 Å². The van der Waals surface area contributed by atoms with Gasteiger partial charge in [-0.25, -0.2) is 0 Å². The smallest absolute Gasteiger partial charge is 0.0233 e. The second-order valence-corrected chi connectivity index (χ2v) is 15.6. The fourth-order valence-electron chi connectivity index (χ4n) is 12.7. The van der Waals surface area contributed by atoms with Crippen LogP contribution in [0.5, 0.6) is 0 Å². The minimum Gasteiger partial charge on any atom is -0.0625 e. The Balaban J connectivity index is 1.56. The Labute approximate surface area is 195 Å². The van der Waals surface area contributed by atoms with Crippen molar-refractivity contribution < 1.29 is 0 Å². The molecule has 0 aliphatic heterocycles. The van der Waals surface area contributed by atoms with Crippen molar-refractivity contribution in [1.82, 2.24) is 0 Å². The topological polar surface area (TPSA) is 0 Å². The van der Waals surface area contributed by atoms with Crippen molar-refractivity contribution in [3.63, 3.8) is 0 Å². The van der Waals surface area contributed by atoms with Crippen molar-refractivity contribution in [3.05, 3.63) is 0 Å². The Morgan fingerprint density at radius 3 is 2.03 bits per heavy atom. The molecule has 5 aliphatic carbocycles. The zero-order valence-corrected chi connectivity index (χ0v) is 22.6. The third-order valence-corrected chi connectivity index (χ3v) is 13.9. The molecule has 0 amide bonds. The molecule has 0 aromatic heterocycles. The van der Waals surface area contributed by atoms with E-state index in [-0.39, 0.29) is 0 Å². The highest BCUT2D eigenvalue weighted by molar-refractivity contribution is 5.20. The van der Waals surface area contributed by atoms with Crippen LogP contribution in [0.4, 0.5) is 0 Å². The molecule has 10 atom stereocenters. The maximum absolute atomic E-state index is 2.82. The Morgan fingerprint density at radius 1 is 0.677 bits per heavy atom. The summed E-state index contributed by atoms with van der Waals surface area (Å²) in [5.41, 5.74) is 2.81. The van der Waals surface area contributed by atoms with Gasteiger partial charge in [0.25, 0.3) is 0 Å². The predicted molar refractivity (Wildman–Crippen MR) is 134 cm³/mol. The molecule has 0 heterocycles. The number of hydrogen-bond acceptors (Lipinski definition) is 0. The van der Waals surface area contributed by atoms with Crippen LogP contribution in [-0.2, 0) is 0 Å². The second-order valence-electron chi connectivity index (χ2n) is 15.6. The highest BCUT2D eigenvalue weighted by Crippen LogP contribution is 2.78. The molecule has 0 spiro atoms. The first-order valence-corrected chi connectivity index (χ1v) is 14.3. The molecule has 0 bridgehead atoms. The summed E-state index contributed by atoms with van der Waals surface area (Å²) in [4.78, 5) is 0. The van der Waals surface area contributed by atoms with Crippen LogP contribution in [-0.4, -0.2) is 0 Å². The van der Waals surface area contributed by atoms with Crippen molar-refractivity contribution in [2.75, 3.05) is 0 Å². The lowest BCUT2D eigenvalue weighted by Gasteiger charge is -2.74. The summed E-state index contributed by atoms with van der Waals surface area (Å²) in [7, 11) is 0. The van der Waals surface area contributed by atoms with Crippen molar-refractivity contribution in [2.45, 2.75) is 127 Å². The lowest BCUT2D eigenvalue weighted by molar-refractivity contribution is -0.257. The molecular formula is C31H54. The maximum Gasteiger partial charge on any atom is -0.0233 e. The van der Waals surface area contributed by atoms with E-state index >= 15 is 0 Å². The molecule has 0 nitrogen and oxygen atoms in total. The van der Waals surface area contributed by atoms with Gasteiger partial charge in [0, 0.05) is 0 Å². The Morgan fingerprint density at radius 2 is 1.35 bits per heavy atom. The first kappa shape index (κ1) is 22.8. The van der Waals surface area contributed by atoms with E-state index in [1.807, 2.05) is 0 Å². The summed E-state index contributed by atoms with van der Waals surface area (Å²) >= 11 is 0. The van der Waals surface area contributed by atoms with E-state index in [1.54, 1.807) is 0 Å². The zero-order chi connectivity index (χ0) is 22.6. The summed E-state index contributed by atoms with van der Waals surface area (Å²) in [6.07, 6.45) is 15.0.